The lowest BCUT2D eigenvalue weighted by Gasteiger charge is -2.32. The Labute approximate surface area is 235 Å². The summed E-state index contributed by atoms with van der Waals surface area (Å²) in [5.74, 6) is 0.596. The van der Waals surface area contributed by atoms with Crippen molar-refractivity contribution in [3.05, 3.63) is 107 Å². The molecule has 1 aliphatic heterocycles. The van der Waals surface area contributed by atoms with Crippen molar-refractivity contribution in [2.45, 2.75) is 18.9 Å². The third kappa shape index (κ3) is 4.45. The van der Waals surface area contributed by atoms with Crippen LogP contribution in [0, 0.1) is 0 Å². The number of aromatic amines is 1. The molecule has 7 rings (SSSR count). The SMILES string of the molecule is COc1cccc(-c2cc(C(=O)N3CCC(n4c(=O)[nH]c5ccccc54)CC3)n3nc(-c4ccccc4)cc3n2)c1. The molecule has 9 nitrogen and oxygen atoms in total. The van der Waals surface area contributed by atoms with Gasteiger partial charge < -0.3 is 14.6 Å². The molecule has 204 valence electrons. The molecule has 1 fully saturated rings. The van der Waals surface area contributed by atoms with E-state index >= 15 is 0 Å². The number of fused-ring (bicyclic) bond motifs is 2. The fourth-order valence-corrected chi connectivity index (χ4v) is 5.73. The van der Waals surface area contributed by atoms with Crippen LogP contribution in [0.5, 0.6) is 5.75 Å². The number of aromatic nitrogens is 5. The summed E-state index contributed by atoms with van der Waals surface area (Å²) in [7, 11) is 1.63. The number of nitrogens with one attached hydrogen (secondary N) is 1. The smallest absolute Gasteiger partial charge is 0.326 e. The summed E-state index contributed by atoms with van der Waals surface area (Å²) in [6, 6.07) is 29.0. The second-order valence-electron chi connectivity index (χ2n) is 10.3. The summed E-state index contributed by atoms with van der Waals surface area (Å²) in [5.41, 5.74) is 5.85. The van der Waals surface area contributed by atoms with Crippen molar-refractivity contribution < 1.29 is 9.53 Å². The van der Waals surface area contributed by atoms with Crippen LogP contribution in [0.3, 0.4) is 0 Å². The van der Waals surface area contributed by atoms with E-state index in [2.05, 4.69) is 4.98 Å². The van der Waals surface area contributed by atoms with Crippen molar-refractivity contribution in [2.24, 2.45) is 0 Å². The third-order valence-corrected chi connectivity index (χ3v) is 7.82. The second-order valence-corrected chi connectivity index (χ2v) is 10.3. The van der Waals surface area contributed by atoms with E-state index in [1.807, 2.05) is 100 Å². The lowest BCUT2D eigenvalue weighted by molar-refractivity contribution is 0.0686. The number of nitrogens with zero attached hydrogens (tertiary/aromatic N) is 5. The number of carbonyl (C=O) groups excluding carboxylic acids is 1. The van der Waals surface area contributed by atoms with Gasteiger partial charge in [-0.2, -0.15) is 5.10 Å². The highest BCUT2D eigenvalue weighted by Gasteiger charge is 2.29. The molecule has 0 atom stereocenters. The van der Waals surface area contributed by atoms with E-state index in [1.54, 1.807) is 11.6 Å². The van der Waals surface area contributed by atoms with Crippen molar-refractivity contribution in [1.82, 2.24) is 29.0 Å². The number of amides is 1. The van der Waals surface area contributed by atoms with Gasteiger partial charge >= 0.3 is 5.69 Å². The van der Waals surface area contributed by atoms with Gasteiger partial charge in [-0.15, -0.1) is 0 Å². The average Bonchev–Trinajstić information content (AvgIpc) is 3.61. The van der Waals surface area contributed by atoms with Crippen LogP contribution >= 0.6 is 0 Å². The Morgan fingerprint density at radius 3 is 2.44 bits per heavy atom. The number of piperidine rings is 1. The molecule has 0 unspecified atom stereocenters. The highest BCUT2D eigenvalue weighted by Crippen LogP contribution is 2.29. The van der Waals surface area contributed by atoms with Crippen LogP contribution < -0.4 is 10.4 Å². The maximum atomic E-state index is 14.1. The molecule has 6 aromatic rings. The molecule has 0 aliphatic carbocycles. The molecule has 1 N–H and O–H groups in total. The average molecular weight is 545 g/mol. The minimum absolute atomic E-state index is 0.0156. The first-order chi connectivity index (χ1) is 20.1. The van der Waals surface area contributed by atoms with E-state index < -0.39 is 0 Å². The zero-order chi connectivity index (χ0) is 27.9. The maximum Gasteiger partial charge on any atom is 0.326 e. The number of H-pyrrole nitrogens is 1. The number of likely N-dealkylation sites (tertiary alicyclic amines) is 1. The number of hydrogen-bond acceptors (Lipinski definition) is 5. The summed E-state index contributed by atoms with van der Waals surface area (Å²) in [4.78, 5) is 36.5. The van der Waals surface area contributed by atoms with Gasteiger partial charge in [0.05, 0.1) is 29.5 Å². The van der Waals surface area contributed by atoms with E-state index in [-0.39, 0.29) is 17.6 Å². The zero-order valence-electron chi connectivity index (χ0n) is 22.5. The molecular formula is C32H28N6O3. The lowest BCUT2D eigenvalue weighted by Crippen LogP contribution is -2.41. The Hall–Kier alpha value is -5.18. The number of carbonyl (C=O) groups is 1. The Balaban J connectivity index is 1.24. The van der Waals surface area contributed by atoms with Gasteiger partial charge in [-0.1, -0.05) is 54.6 Å². The van der Waals surface area contributed by atoms with Crippen LogP contribution in [0.25, 0.3) is 39.2 Å². The molecule has 1 amide bonds. The van der Waals surface area contributed by atoms with Crippen LogP contribution in [-0.4, -0.2) is 55.2 Å². The van der Waals surface area contributed by atoms with E-state index in [1.165, 1.54) is 0 Å². The van der Waals surface area contributed by atoms with Crippen LogP contribution in [0.2, 0.25) is 0 Å². The molecule has 0 spiro atoms. The van der Waals surface area contributed by atoms with Crippen molar-refractivity contribution in [1.29, 1.82) is 0 Å². The van der Waals surface area contributed by atoms with E-state index in [0.717, 1.165) is 27.9 Å². The molecule has 3 aromatic carbocycles. The number of methoxy groups -OCH3 is 1. The Morgan fingerprint density at radius 2 is 1.63 bits per heavy atom. The first kappa shape index (κ1) is 24.8. The van der Waals surface area contributed by atoms with E-state index in [9.17, 15) is 9.59 Å². The van der Waals surface area contributed by atoms with Gasteiger partial charge in [0.15, 0.2) is 5.65 Å². The van der Waals surface area contributed by atoms with Gasteiger partial charge in [0, 0.05) is 36.3 Å². The summed E-state index contributed by atoms with van der Waals surface area (Å²) in [6.45, 7) is 1.06. The summed E-state index contributed by atoms with van der Waals surface area (Å²) in [5, 5.41) is 4.80. The molecule has 9 heteroatoms. The fraction of sp³-hybridized carbons (Fsp3) is 0.188. The first-order valence-corrected chi connectivity index (χ1v) is 13.7. The monoisotopic (exact) mass is 544 g/mol. The van der Waals surface area contributed by atoms with Gasteiger partial charge in [-0.05, 0) is 43.2 Å². The molecule has 0 bridgehead atoms. The fourth-order valence-electron chi connectivity index (χ4n) is 5.73. The number of imidazole rings is 1. The van der Waals surface area contributed by atoms with Crippen molar-refractivity contribution >= 4 is 22.6 Å². The quantitative estimate of drug-likeness (QED) is 0.322. The molecule has 1 saturated heterocycles. The van der Waals surface area contributed by atoms with Gasteiger partial charge in [0.25, 0.3) is 5.91 Å². The highest BCUT2D eigenvalue weighted by molar-refractivity contribution is 5.94. The largest absolute Gasteiger partial charge is 0.497 e. The predicted octanol–water partition coefficient (Wildman–Crippen LogP) is 5.19. The third-order valence-electron chi connectivity index (χ3n) is 7.82. The minimum atomic E-state index is -0.117. The molecule has 1 aliphatic rings. The van der Waals surface area contributed by atoms with Gasteiger partial charge in [-0.25, -0.2) is 14.3 Å². The minimum Gasteiger partial charge on any atom is -0.497 e. The molecule has 0 saturated carbocycles. The van der Waals surface area contributed by atoms with Crippen LogP contribution in [0.4, 0.5) is 0 Å². The number of rotatable bonds is 5. The molecular weight excluding hydrogens is 516 g/mol. The molecule has 4 heterocycles. The highest BCUT2D eigenvalue weighted by atomic mass is 16.5. The number of ether oxygens (including phenoxy) is 1. The van der Waals surface area contributed by atoms with Crippen LogP contribution in [-0.2, 0) is 0 Å². The van der Waals surface area contributed by atoms with Crippen molar-refractivity contribution in [2.75, 3.05) is 20.2 Å². The topological polar surface area (TPSA) is 97.5 Å². The Kier molecular flexibility index (Phi) is 6.11. The number of hydrogen-bond donors (Lipinski definition) is 1. The normalized spacial score (nSPS) is 14.1. The van der Waals surface area contributed by atoms with Crippen molar-refractivity contribution in [3.63, 3.8) is 0 Å². The summed E-state index contributed by atoms with van der Waals surface area (Å²) < 4.78 is 8.91. The number of para-hydroxylation sites is 2. The standard InChI is InChI=1S/C32H28N6O3/c1-41-24-11-7-10-22(18-24)26-19-29(38-30(33-26)20-27(35-38)21-8-3-2-4-9-21)31(39)36-16-14-23(15-17-36)37-28-13-6-5-12-25(28)34-32(37)40/h2-13,18-20,23H,14-17H2,1H3,(H,34,40). The first-order valence-electron chi connectivity index (χ1n) is 13.7. The van der Waals surface area contributed by atoms with Crippen molar-refractivity contribution in [3.8, 4) is 28.3 Å². The summed E-state index contributed by atoms with van der Waals surface area (Å²) in [6.07, 6.45) is 1.36. The zero-order valence-corrected chi connectivity index (χ0v) is 22.5. The van der Waals surface area contributed by atoms with E-state index in [0.29, 0.717) is 48.7 Å². The van der Waals surface area contributed by atoms with Gasteiger partial charge in [0.1, 0.15) is 11.4 Å². The van der Waals surface area contributed by atoms with Crippen LogP contribution in [0.15, 0.2) is 95.8 Å². The molecule has 41 heavy (non-hydrogen) atoms. The van der Waals surface area contributed by atoms with E-state index in [4.69, 9.17) is 14.8 Å². The molecule has 3 aromatic heterocycles. The predicted molar refractivity (Wildman–Crippen MR) is 157 cm³/mol. The Bertz CT molecular complexity index is 1950. The van der Waals surface area contributed by atoms with Gasteiger partial charge in [-0.3, -0.25) is 9.36 Å². The second kappa shape index (κ2) is 10.1. The number of benzene rings is 3. The summed E-state index contributed by atoms with van der Waals surface area (Å²) >= 11 is 0. The lowest BCUT2D eigenvalue weighted by atomic mass is 10.0. The Morgan fingerprint density at radius 1 is 0.878 bits per heavy atom. The maximum absolute atomic E-state index is 14.1. The molecule has 0 radical (unpaired) electrons. The van der Waals surface area contributed by atoms with Gasteiger partial charge in [0.2, 0.25) is 0 Å². The van der Waals surface area contributed by atoms with Crippen LogP contribution in [0.1, 0.15) is 29.4 Å².